The van der Waals surface area contributed by atoms with Crippen molar-refractivity contribution in [2.45, 2.75) is 38.5 Å². The first-order valence-electron chi connectivity index (χ1n) is 7.35. The molecule has 1 aliphatic carbocycles. The molecule has 21 heavy (non-hydrogen) atoms. The van der Waals surface area contributed by atoms with Gasteiger partial charge < -0.3 is 0 Å². The lowest BCUT2D eigenvalue weighted by Gasteiger charge is -2.32. The minimum absolute atomic E-state index is 0.164. The van der Waals surface area contributed by atoms with Crippen LogP contribution in [0.15, 0.2) is 47.4 Å². The monoisotopic (exact) mass is 317 g/mol. The van der Waals surface area contributed by atoms with Crippen molar-refractivity contribution in [3.63, 3.8) is 0 Å². The Morgan fingerprint density at radius 2 is 2.05 bits per heavy atom. The molecule has 1 aromatic carbocycles. The smallest absolute Gasteiger partial charge is 0.0973 e. The maximum absolute atomic E-state index is 6.37. The standard InChI is InChI=1S/C18H20ClNS/c1-18(2)10-13(8-15(19)11-18)9-17-20-16(12-21-17)14-6-4-3-5-7-14/h3-8,12,15H,9-11H2,1-2H3. The fraction of sp³-hybridized carbons (Fsp3) is 0.389. The number of nitrogens with zero attached hydrogens (tertiary/aromatic N) is 1. The normalized spacial score (nSPS) is 21.1. The van der Waals surface area contributed by atoms with Crippen molar-refractivity contribution in [2.75, 3.05) is 0 Å². The second-order valence-electron chi connectivity index (χ2n) is 6.56. The summed E-state index contributed by atoms with van der Waals surface area (Å²) in [5.74, 6) is 0. The predicted molar refractivity (Wildman–Crippen MR) is 92.0 cm³/mol. The van der Waals surface area contributed by atoms with Gasteiger partial charge in [0.2, 0.25) is 0 Å². The Hall–Kier alpha value is -1.12. The molecule has 2 aromatic rings. The number of rotatable bonds is 3. The number of aromatic nitrogens is 1. The summed E-state index contributed by atoms with van der Waals surface area (Å²) in [5.41, 5.74) is 4.00. The van der Waals surface area contributed by atoms with Gasteiger partial charge in [-0.25, -0.2) is 4.98 Å². The maximum Gasteiger partial charge on any atom is 0.0973 e. The first-order valence-corrected chi connectivity index (χ1v) is 8.67. The van der Waals surface area contributed by atoms with Crippen molar-refractivity contribution >= 4 is 22.9 Å². The Morgan fingerprint density at radius 1 is 1.29 bits per heavy atom. The van der Waals surface area contributed by atoms with Crippen molar-refractivity contribution in [2.24, 2.45) is 5.41 Å². The molecule has 1 unspecified atom stereocenters. The molecular formula is C18H20ClNS. The molecule has 0 saturated heterocycles. The largest absolute Gasteiger partial charge is 0.241 e. The lowest BCUT2D eigenvalue weighted by molar-refractivity contribution is 0.320. The van der Waals surface area contributed by atoms with E-state index in [0.29, 0.717) is 5.41 Å². The van der Waals surface area contributed by atoms with Crippen LogP contribution in [-0.4, -0.2) is 10.4 Å². The quantitative estimate of drug-likeness (QED) is 0.522. The number of allylic oxidation sites excluding steroid dienone is 2. The zero-order valence-corrected chi connectivity index (χ0v) is 14.0. The van der Waals surface area contributed by atoms with Crippen LogP contribution in [0, 0.1) is 5.41 Å². The molecule has 1 aromatic heterocycles. The Morgan fingerprint density at radius 3 is 2.76 bits per heavy atom. The van der Waals surface area contributed by atoms with Gasteiger partial charge >= 0.3 is 0 Å². The van der Waals surface area contributed by atoms with Crippen molar-refractivity contribution < 1.29 is 0 Å². The second kappa shape index (κ2) is 5.94. The Bertz CT molecular complexity index is 642. The first kappa shape index (κ1) is 14.8. The van der Waals surface area contributed by atoms with E-state index in [1.807, 2.05) is 6.07 Å². The van der Waals surface area contributed by atoms with E-state index >= 15 is 0 Å². The Kier molecular flexibility index (Phi) is 4.19. The van der Waals surface area contributed by atoms with Gasteiger partial charge in [-0.15, -0.1) is 22.9 Å². The summed E-state index contributed by atoms with van der Waals surface area (Å²) in [6.07, 6.45) is 5.35. The van der Waals surface area contributed by atoms with Gasteiger partial charge in [0.25, 0.3) is 0 Å². The van der Waals surface area contributed by atoms with Crippen LogP contribution in [0.25, 0.3) is 11.3 Å². The molecule has 1 nitrogen and oxygen atoms in total. The maximum atomic E-state index is 6.37. The molecule has 0 saturated carbocycles. The van der Waals surface area contributed by atoms with Crippen molar-refractivity contribution in [3.05, 3.63) is 52.4 Å². The van der Waals surface area contributed by atoms with Crippen LogP contribution in [0.2, 0.25) is 0 Å². The van der Waals surface area contributed by atoms with E-state index < -0.39 is 0 Å². The molecule has 0 fully saturated rings. The topological polar surface area (TPSA) is 12.9 Å². The van der Waals surface area contributed by atoms with Crippen LogP contribution in [0.5, 0.6) is 0 Å². The average molecular weight is 318 g/mol. The predicted octanol–water partition coefficient (Wildman–Crippen LogP) is 5.71. The van der Waals surface area contributed by atoms with Crippen LogP contribution in [0.1, 0.15) is 31.7 Å². The Labute approximate surface area is 135 Å². The van der Waals surface area contributed by atoms with E-state index in [-0.39, 0.29) is 5.38 Å². The SMILES string of the molecule is CC1(C)CC(Cc2nc(-c3ccccc3)cs2)=CC(Cl)C1. The number of thiazole rings is 1. The first-order chi connectivity index (χ1) is 10.0. The van der Waals surface area contributed by atoms with Gasteiger partial charge in [-0.2, -0.15) is 0 Å². The summed E-state index contributed by atoms with van der Waals surface area (Å²) in [6.45, 7) is 4.60. The summed E-state index contributed by atoms with van der Waals surface area (Å²) in [5, 5.41) is 3.50. The highest BCUT2D eigenvalue weighted by atomic mass is 35.5. The molecule has 0 spiro atoms. The molecule has 0 radical (unpaired) electrons. The molecule has 1 heterocycles. The second-order valence-corrected chi connectivity index (χ2v) is 8.06. The third-order valence-electron chi connectivity index (χ3n) is 3.87. The van der Waals surface area contributed by atoms with Crippen LogP contribution in [0.3, 0.4) is 0 Å². The molecular weight excluding hydrogens is 298 g/mol. The number of hydrogen-bond acceptors (Lipinski definition) is 2. The van der Waals surface area contributed by atoms with Crippen molar-refractivity contribution in [1.82, 2.24) is 4.98 Å². The highest BCUT2D eigenvalue weighted by Crippen LogP contribution is 2.38. The van der Waals surface area contributed by atoms with Gasteiger partial charge in [0, 0.05) is 17.4 Å². The highest BCUT2D eigenvalue weighted by Gasteiger charge is 2.27. The van der Waals surface area contributed by atoms with E-state index in [2.05, 4.69) is 49.6 Å². The highest BCUT2D eigenvalue weighted by molar-refractivity contribution is 7.10. The molecule has 1 atom stereocenters. The molecule has 3 heteroatoms. The van der Waals surface area contributed by atoms with Crippen LogP contribution < -0.4 is 0 Å². The van der Waals surface area contributed by atoms with Gasteiger partial charge in [-0.1, -0.05) is 55.8 Å². The summed E-state index contributed by atoms with van der Waals surface area (Å²) in [6, 6.07) is 10.4. The minimum Gasteiger partial charge on any atom is -0.241 e. The summed E-state index contributed by atoms with van der Waals surface area (Å²) < 4.78 is 0. The third kappa shape index (κ3) is 3.75. The molecule has 0 aliphatic heterocycles. The molecule has 1 aliphatic rings. The van der Waals surface area contributed by atoms with E-state index in [9.17, 15) is 0 Å². The van der Waals surface area contributed by atoms with E-state index in [0.717, 1.165) is 25.0 Å². The van der Waals surface area contributed by atoms with Gasteiger partial charge in [-0.05, 0) is 18.3 Å². The Balaban J connectivity index is 1.76. The van der Waals surface area contributed by atoms with Gasteiger partial charge in [0.1, 0.15) is 0 Å². The lowest BCUT2D eigenvalue weighted by Crippen LogP contribution is -2.22. The third-order valence-corrected chi connectivity index (χ3v) is 5.00. The zero-order chi connectivity index (χ0) is 14.9. The molecule has 0 bridgehead atoms. The summed E-state index contributed by atoms with van der Waals surface area (Å²) in [7, 11) is 0. The fourth-order valence-electron chi connectivity index (χ4n) is 3.04. The number of alkyl halides is 1. The van der Waals surface area contributed by atoms with Crippen LogP contribution in [-0.2, 0) is 6.42 Å². The van der Waals surface area contributed by atoms with Crippen LogP contribution in [0.4, 0.5) is 0 Å². The van der Waals surface area contributed by atoms with Gasteiger partial charge in [0.05, 0.1) is 16.1 Å². The average Bonchev–Trinajstić information content (AvgIpc) is 2.86. The zero-order valence-electron chi connectivity index (χ0n) is 12.5. The number of benzene rings is 1. The summed E-state index contributed by atoms with van der Waals surface area (Å²) >= 11 is 8.11. The van der Waals surface area contributed by atoms with Crippen molar-refractivity contribution in [1.29, 1.82) is 0 Å². The van der Waals surface area contributed by atoms with E-state index in [4.69, 9.17) is 16.6 Å². The minimum atomic E-state index is 0.164. The van der Waals surface area contributed by atoms with Crippen LogP contribution >= 0.6 is 22.9 Å². The van der Waals surface area contributed by atoms with Gasteiger partial charge in [-0.3, -0.25) is 0 Å². The fourth-order valence-corrected chi connectivity index (χ4v) is 4.49. The summed E-state index contributed by atoms with van der Waals surface area (Å²) in [4.78, 5) is 4.78. The van der Waals surface area contributed by atoms with E-state index in [1.54, 1.807) is 11.3 Å². The molecule has 110 valence electrons. The number of halogens is 1. The van der Waals surface area contributed by atoms with E-state index in [1.165, 1.54) is 16.1 Å². The molecule has 0 N–H and O–H groups in total. The van der Waals surface area contributed by atoms with Crippen molar-refractivity contribution in [3.8, 4) is 11.3 Å². The number of hydrogen-bond donors (Lipinski definition) is 0. The molecule has 3 rings (SSSR count). The molecule has 0 amide bonds. The van der Waals surface area contributed by atoms with Gasteiger partial charge in [0.15, 0.2) is 0 Å². The lowest BCUT2D eigenvalue weighted by atomic mass is 9.76.